The Morgan fingerprint density at radius 1 is 1.29 bits per heavy atom. The molecule has 0 unspecified atom stereocenters. The second kappa shape index (κ2) is 9.25. The highest BCUT2D eigenvalue weighted by atomic mass is 35.5. The van der Waals surface area contributed by atoms with Gasteiger partial charge >= 0.3 is 0 Å². The van der Waals surface area contributed by atoms with Crippen molar-refractivity contribution in [2.24, 2.45) is 4.99 Å². The number of hydrogen-bond acceptors (Lipinski definition) is 3. The molecule has 24 heavy (non-hydrogen) atoms. The summed E-state index contributed by atoms with van der Waals surface area (Å²) in [5, 5.41) is 7.12. The van der Waals surface area contributed by atoms with Gasteiger partial charge in [0, 0.05) is 23.7 Å². The summed E-state index contributed by atoms with van der Waals surface area (Å²) in [6, 6.07) is 7.74. The van der Waals surface area contributed by atoms with Gasteiger partial charge in [-0.05, 0) is 44.9 Å². The summed E-state index contributed by atoms with van der Waals surface area (Å²) in [7, 11) is -3.27. The predicted octanol–water partition coefficient (Wildman–Crippen LogP) is 1.77. The zero-order valence-corrected chi connectivity index (χ0v) is 16.3. The molecule has 3 N–H and O–H groups in total. The van der Waals surface area contributed by atoms with Crippen molar-refractivity contribution in [1.29, 1.82) is 0 Å². The Morgan fingerprint density at radius 3 is 2.58 bits per heavy atom. The van der Waals surface area contributed by atoms with Gasteiger partial charge in [-0.1, -0.05) is 23.7 Å². The molecule has 1 aromatic rings. The predicted molar refractivity (Wildman–Crippen MR) is 101 cm³/mol. The molecular weight excluding hydrogens is 348 g/mol. The lowest BCUT2D eigenvalue weighted by Gasteiger charge is -2.23. The molecular formula is C16H27ClN4O2S. The Hall–Kier alpha value is -1.31. The van der Waals surface area contributed by atoms with Gasteiger partial charge < -0.3 is 10.6 Å². The molecule has 1 aromatic carbocycles. The number of rotatable bonds is 8. The van der Waals surface area contributed by atoms with Crippen molar-refractivity contribution in [3.05, 3.63) is 34.9 Å². The molecule has 0 aliphatic rings. The number of aliphatic imine (C=N–C) groups is 1. The zero-order chi connectivity index (χ0) is 18.2. The summed E-state index contributed by atoms with van der Waals surface area (Å²) >= 11 is 5.98. The maximum absolute atomic E-state index is 11.4. The fourth-order valence-corrected chi connectivity index (χ4v) is 3.45. The van der Waals surface area contributed by atoms with Crippen molar-refractivity contribution in [1.82, 2.24) is 15.4 Å². The maximum atomic E-state index is 11.4. The molecule has 0 atom stereocenters. The van der Waals surface area contributed by atoms with Crippen LogP contribution < -0.4 is 15.4 Å². The molecule has 6 nitrogen and oxygen atoms in total. The lowest BCUT2D eigenvalue weighted by Crippen LogP contribution is -2.47. The smallest absolute Gasteiger partial charge is 0.209 e. The van der Waals surface area contributed by atoms with Gasteiger partial charge in [-0.25, -0.2) is 13.1 Å². The van der Waals surface area contributed by atoms with Gasteiger partial charge in [-0.15, -0.1) is 0 Å². The van der Waals surface area contributed by atoms with Crippen LogP contribution in [-0.2, 0) is 16.4 Å². The molecule has 8 heteroatoms. The average molecular weight is 375 g/mol. The van der Waals surface area contributed by atoms with Gasteiger partial charge in [0.1, 0.15) is 0 Å². The third-order valence-corrected chi connectivity index (χ3v) is 4.19. The molecule has 0 saturated carbocycles. The van der Waals surface area contributed by atoms with E-state index in [0.717, 1.165) is 29.8 Å². The van der Waals surface area contributed by atoms with Gasteiger partial charge in [0.25, 0.3) is 0 Å². The van der Waals surface area contributed by atoms with Gasteiger partial charge in [0.05, 0.1) is 12.8 Å². The number of hydrogen-bond donors (Lipinski definition) is 3. The van der Waals surface area contributed by atoms with E-state index in [1.807, 2.05) is 31.2 Å². The summed E-state index contributed by atoms with van der Waals surface area (Å²) in [5.41, 5.74) is 0.494. The summed E-state index contributed by atoms with van der Waals surface area (Å²) in [5.74, 6) is 0.655. The first-order chi connectivity index (χ1) is 11.1. The van der Waals surface area contributed by atoms with Crippen molar-refractivity contribution >= 4 is 27.6 Å². The van der Waals surface area contributed by atoms with Gasteiger partial charge in [0.15, 0.2) is 5.96 Å². The minimum Gasteiger partial charge on any atom is -0.357 e. The van der Waals surface area contributed by atoms with Crippen molar-refractivity contribution in [2.45, 2.75) is 32.7 Å². The lowest BCUT2D eigenvalue weighted by atomic mass is 10.1. The van der Waals surface area contributed by atoms with Gasteiger partial charge in [0.2, 0.25) is 10.0 Å². The number of halogens is 1. The molecule has 0 spiro atoms. The molecule has 1 rings (SSSR count). The van der Waals surface area contributed by atoms with Crippen LogP contribution in [0.1, 0.15) is 26.3 Å². The SMILES string of the molecule is CCNC(=NCC(C)(C)NS(C)(=O)=O)NCCc1cccc(Cl)c1. The van der Waals surface area contributed by atoms with Crippen molar-refractivity contribution in [3.63, 3.8) is 0 Å². The molecule has 0 bridgehead atoms. The van der Waals surface area contributed by atoms with Crippen LogP contribution in [0.25, 0.3) is 0 Å². The molecule has 0 heterocycles. The fourth-order valence-electron chi connectivity index (χ4n) is 2.17. The third kappa shape index (κ3) is 9.10. The van der Waals surface area contributed by atoms with Crippen LogP contribution in [0.4, 0.5) is 0 Å². The molecule has 0 aliphatic carbocycles. The molecule has 0 aromatic heterocycles. The van der Waals surface area contributed by atoms with E-state index in [0.29, 0.717) is 19.0 Å². The van der Waals surface area contributed by atoms with E-state index in [4.69, 9.17) is 11.6 Å². The van der Waals surface area contributed by atoms with Crippen LogP contribution in [0.2, 0.25) is 5.02 Å². The van der Waals surface area contributed by atoms with Crippen LogP contribution in [0.3, 0.4) is 0 Å². The number of benzene rings is 1. The second-order valence-electron chi connectivity index (χ2n) is 6.26. The van der Waals surface area contributed by atoms with E-state index < -0.39 is 15.6 Å². The van der Waals surface area contributed by atoms with Crippen LogP contribution in [0.15, 0.2) is 29.3 Å². The second-order valence-corrected chi connectivity index (χ2v) is 8.44. The third-order valence-electron chi connectivity index (χ3n) is 3.03. The monoisotopic (exact) mass is 374 g/mol. The number of guanidine groups is 1. The van der Waals surface area contributed by atoms with Gasteiger partial charge in [-0.3, -0.25) is 4.99 Å². The van der Waals surface area contributed by atoms with E-state index in [9.17, 15) is 8.42 Å². The Labute approximate surface area is 150 Å². The van der Waals surface area contributed by atoms with E-state index in [-0.39, 0.29) is 0 Å². The highest BCUT2D eigenvalue weighted by Crippen LogP contribution is 2.10. The first-order valence-electron chi connectivity index (χ1n) is 7.87. The molecule has 136 valence electrons. The normalized spacial score (nSPS) is 13.0. The minimum atomic E-state index is -3.27. The highest BCUT2D eigenvalue weighted by molar-refractivity contribution is 7.88. The summed E-state index contributed by atoms with van der Waals surface area (Å²) in [6.45, 7) is 7.33. The van der Waals surface area contributed by atoms with E-state index in [1.54, 1.807) is 13.8 Å². The fraction of sp³-hybridized carbons (Fsp3) is 0.562. The first kappa shape index (κ1) is 20.7. The van der Waals surface area contributed by atoms with Crippen LogP contribution in [-0.4, -0.2) is 45.8 Å². The quantitative estimate of drug-likeness (QED) is 0.478. The van der Waals surface area contributed by atoms with Crippen LogP contribution in [0.5, 0.6) is 0 Å². The van der Waals surface area contributed by atoms with Crippen molar-refractivity contribution in [2.75, 3.05) is 25.9 Å². The number of nitrogens with zero attached hydrogens (tertiary/aromatic N) is 1. The topological polar surface area (TPSA) is 82.6 Å². The summed E-state index contributed by atoms with van der Waals surface area (Å²) < 4.78 is 25.3. The largest absolute Gasteiger partial charge is 0.357 e. The Balaban J connectivity index is 2.59. The zero-order valence-electron chi connectivity index (χ0n) is 14.7. The van der Waals surface area contributed by atoms with Crippen molar-refractivity contribution < 1.29 is 8.42 Å². The van der Waals surface area contributed by atoms with Crippen molar-refractivity contribution in [3.8, 4) is 0 Å². The summed E-state index contributed by atoms with van der Waals surface area (Å²) in [6.07, 6.45) is 1.96. The Bertz CT molecular complexity index is 660. The van der Waals surface area contributed by atoms with E-state index >= 15 is 0 Å². The van der Waals surface area contributed by atoms with E-state index in [1.165, 1.54) is 0 Å². The summed E-state index contributed by atoms with van der Waals surface area (Å²) in [4.78, 5) is 4.46. The molecule has 0 amide bonds. The highest BCUT2D eigenvalue weighted by Gasteiger charge is 2.21. The lowest BCUT2D eigenvalue weighted by molar-refractivity contribution is 0.464. The standard InChI is InChI=1S/C16H27ClN4O2S/c1-5-18-15(20-12-16(2,3)21-24(4,22)23)19-10-9-13-7-6-8-14(17)11-13/h6-8,11,21H,5,9-10,12H2,1-4H3,(H2,18,19,20). The Kier molecular flexibility index (Phi) is 7.99. The van der Waals surface area contributed by atoms with Gasteiger partial charge in [-0.2, -0.15) is 0 Å². The number of nitrogens with one attached hydrogen (secondary N) is 3. The first-order valence-corrected chi connectivity index (χ1v) is 10.1. The molecule has 0 aliphatic heterocycles. The van der Waals surface area contributed by atoms with E-state index in [2.05, 4.69) is 20.3 Å². The molecule has 0 fully saturated rings. The minimum absolute atomic E-state index is 0.326. The number of sulfonamides is 1. The molecule has 0 saturated heterocycles. The average Bonchev–Trinajstić information content (AvgIpc) is 2.42. The maximum Gasteiger partial charge on any atom is 0.209 e. The van der Waals surface area contributed by atoms with Crippen LogP contribution >= 0.6 is 11.6 Å². The van der Waals surface area contributed by atoms with Crippen LogP contribution in [0, 0.1) is 0 Å². The Morgan fingerprint density at radius 2 is 2.00 bits per heavy atom. The molecule has 0 radical (unpaired) electrons.